The smallest absolute Gasteiger partial charge is 0.244 e. The van der Waals surface area contributed by atoms with E-state index >= 15 is 0 Å². The van der Waals surface area contributed by atoms with Crippen LogP contribution in [-0.2, 0) is 4.79 Å². The van der Waals surface area contributed by atoms with Gasteiger partial charge in [0.15, 0.2) is 0 Å². The van der Waals surface area contributed by atoms with E-state index in [-0.39, 0.29) is 0 Å². The molecule has 3 N–H and O–H groups in total. The second kappa shape index (κ2) is 6.83. The van der Waals surface area contributed by atoms with E-state index in [1.807, 2.05) is 18.2 Å². The van der Waals surface area contributed by atoms with Gasteiger partial charge in [0.25, 0.3) is 0 Å². The zero-order chi connectivity index (χ0) is 15.4. The molecular weight excluding hydrogens is 356 g/mol. The molecule has 0 aliphatic rings. The third kappa shape index (κ3) is 3.89. The molecule has 2 rings (SSSR count). The van der Waals surface area contributed by atoms with E-state index in [0.29, 0.717) is 16.3 Å². The number of nitrogens with one attached hydrogen (secondary N) is 1. The maximum Gasteiger partial charge on any atom is 0.244 e. The quantitative estimate of drug-likeness (QED) is 0.843. The van der Waals surface area contributed by atoms with Gasteiger partial charge >= 0.3 is 0 Å². The maximum atomic E-state index is 11.8. The summed E-state index contributed by atoms with van der Waals surface area (Å²) in [6.07, 6.45) is 0. The molecule has 0 saturated heterocycles. The Morgan fingerprint density at radius 2 is 2.10 bits per heavy atom. The summed E-state index contributed by atoms with van der Waals surface area (Å²) in [7, 11) is 1.58. The lowest BCUT2D eigenvalue weighted by molar-refractivity contribution is -0.118. The van der Waals surface area contributed by atoms with Gasteiger partial charge in [-0.25, -0.2) is 0 Å². The van der Waals surface area contributed by atoms with Gasteiger partial charge < -0.3 is 15.8 Å². The van der Waals surface area contributed by atoms with E-state index < -0.39 is 11.9 Å². The van der Waals surface area contributed by atoms with Gasteiger partial charge in [0.2, 0.25) is 5.91 Å². The molecule has 0 radical (unpaired) electrons. The van der Waals surface area contributed by atoms with Crippen LogP contribution < -0.4 is 15.8 Å². The molecule has 0 aromatic heterocycles. The van der Waals surface area contributed by atoms with Gasteiger partial charge in [-0.3, -0.25) is 4.79 Å². The summed E-state index contributed by atoms with van der Waals surface area (Å²) in [6.45, 7) is 0. The zero-order valence-electron chi connectivity index (χ0n) is 11.3. The summed E-state index contributed by atoms with van der Waals surface area (Å²) in [5.74, 6) is 0.189. The summed E-state index contributed by atoms with van der Waals surface area (Å²) in [5, 5.41) is 3.63. The fraction of sp³-hybridized carbons (Fsp3) is 0.133. The van der Waals surface area contributed by atoms with E-state index in [1.165, 1.54) is 0 Å². The predicted octanol–water partition coefficient (Wildman–Crippen LogP) is 3.75. The Labute approximate surface area is 136 Å². The van der Waals surface area contributed by atoms with Crippen LogP contribution in [0.5, 0.6) is 5.75 Å². The first kappa shape index (κ1) is 15.7. The van der Waals surface area contributed by atoms with Crippen LogP contribution in [0.2, 0.25) is 5.02 Å². The lowest BCUT2D eigenvalue weighted by atomic mass is 10.1. The topological polar surface area (TPSA) is 64.3 Å². The summed E-state index contributed by atoms with van der Waals surface area (Å²) in [5.41, 5.74) is 6.91. The highest BCUT2D eigenvalue weighted by Crippen LogP contribution is 2.30. The van der Waals surface area contributed by atoms with Crippen molar-refractivity contribution in [2.75, 3.05) is 12.4 Å². The summed E-state index contributed by atoms with van der Waals surface area (Å²) >= 11 is 9.41. The number of carbonyl (C=O) groups excluding carboxylic acids is 1. The highest BCUT2D eigenvalue weighted by Gasteiger charge is 2.20. The molecule has 2 aromatic carbocycles. The van der Waals surface area contributed by atoms with Crippen LogP contribution in [0.1, 0.15) is 11.6 Å². The molecule has 0 bridgehead atoms. The Bertz CT molecular complexity index is 664. The van der Waals surface area contributed by atoms with Gasteiger partial charge in [0.05, 0.1) is 7.11 Å². The van der Waals surface area contributed by atoms with E-state index in [4.69, 9.17) is 22.1 Å². The molecule has 0 heterocycles. The van der Waals surface area contributed by atoms with Gasteiger partial charge in [-0.2, -0.15) is 0 Å². The standard InChI is InChI=1S/C15H14BrClN2O2/c1-21-11-4-2-3-10(8-11)19-14(15(18)20)12-7-9(17)5-6-13(12)16/h2-8,14,19H,1H3,(H2,18,20). The number of amides is 1. The predicted molar refractivity (Wildman–Crippen MR) is 87.7 cm³/mol. The van der Waals surface area contributed by atoms with Crippen LogP contribution in [0.25, 0.3) is 0 Å². The molecule has 0 aliphatic heterocycles. The Morgan fingerprint density at radius 3 is 2.76 bits per heavy atom. The maximum absolute atomic E-state index is 11.8. The number of hydrogen-bond donors (Lipinski definition) is 2. The first-order valence-corrected chi connectivity index (χ1v) is 7.33. The normalized spacial score (nSPS) is 11.8. The number of rotatable bonds is 5. The van der Waals surface area contributed by atoms with E-state index in [0.717, 1.165) is 10.2 Å². The number of halogens is 2. The first-order valence-electron chi connectivity index (χ1n) is 6.16. The third-order valence-corrected chi connectivity index (χ3v) is 3.89. The molecule has 0 fully saturated rings. The summed E-state index contributed by atoms with van der Waals surface area (Å²) in [6, 6.07) is 11.8. The largest absolute Gasteiger partial charge is 0.497 e. The molecular formula is C15H14BrClN2O2. The molecule has 0 spiro atoms. The molecule has 21 heavy (non-hydrogen) atoms. The Hall–Kier alpha value is -1.72. The van der Waals surface area contributed by atoms with Gasteiger partial charge in [-0.05, 0) is 35.9 Å². The number of carbonyl (C=O) groups is 1. The highest BCUT2D eigenvalue weighted by molar-refractivity contribution is 9.10. The molecule has 4 nitrogen and oxygen atoms in total. The molecule has 0 saturated carbocycles. The number of benzene rings is 2. The Balaban J connectivity index is 2.35. The second-order valence-corrected chi connectivity index (χ2v) is 5.67. The minimum atomic E-state index is -0.704. The van der Waals surface area contributed by atoms with Crippen molar-refractivity contribution >= 4 is 39.1 Å². The van der Waals surface area contributed by atoms with Gasteiger partial charge in [0.1, 0.15) is 11.8 Å². The number of anilines is 1. The van der Waals surface area contributed by atoms with Gasteiger partial charge in [0, 0.05) is 21.2 Å². The van der Waals surface area contributed by atoms with Gasteiger partial charge in [-0.1, -0.05) is 33.6 Å². The first-order chi connectivity index (χ1) is 10.0. The van der Waals surface area contributed by atoms with Crippen LogP contribution in [-0.4, -0.2) is 13.0 Å². The monoisotopic (exact) mass is 368 g/mol. The molecule has 6 heteroatoms. The van der Waals surface area contributed by atoms with Crippen LogP contribution >= 0.6 is 27.5 Å². The van der Waals surface area contributed by atoms with E-state index in [9.17, 15) is 4.79 Å². The van der Waals surface area contributed by atoms with Crippen molar-refractivity contribution in [3.63, 3.8) is 0 Å². The number of hydrogen-bond acceptors (Lipinski definition) is 3. The van der Waals surface area contributed by atoms with Crippen molar-refractivity contribution in [2.45, 2.75) is 6.04 Å². The zero-order valence-corrected chi connectivity index (χ0v) is 13.6. The van der Waals surface area contributed by atoms with Crippen molar-refractivity contribution in [1.29, 1.82) is 0 Å². The van der Waals surface area contributed by atoms with E-state index in [2.05, 4.69) is 21.2 Å². The number of nitrogens with two attached hydrogens (primary N) is 1. The van der Waals surface area contributed by atoms with Crippen LogP contribution in [0.3, 0.4) is 0 Å². The van der Waals surface area contributed by atoms with Crippen molar-refractivity contribution in [2.24, 2.45) is 5.73 Å². The molecule has 1 amide bonds. The Kier molecular flexibility index (Phi) is 5.09. The highest BCUT2D eigenvalue weighted by atomic mass is 79.9. The van der Waals surface area contributed by atoms with Crippen molar-refractivity contribution < 1.29 is 9.53 Å². The minimum absolute atomic E-state index is 0.499. The fourth-order valence-corrected chi connectivity index (χ4v) is 2.57. The molecule has 0 aliphatic carbocycles. The number of primary amides is 1. The average Bonchev–Trinajstić information content (AvgIpc) is 2.47. The van der Waals surface area contributed by atoms with Crippen molar-refractivity contribution in [1.82, 2.24) is 0 Å². The second-order valence-electron chi connectivity index (χ2n) is 4.38. The average molecular weight is 370 g/mol. The third-order valence-electron chi connectivity index (χ3n) is 2.93. The van der Waals surface area contributed by atoms with Crippen molar-refractivity contribution in [3.05, 3.63) is 57.5 Å². The number of methoxy groups -OCH3 is 1. The molecule has 2 aromatic rings. The Morgan fingerprint density at radius 1 is 1.33 bits per heavy atom. The fourth-order valence-electron chi connectivity index (χ4n) is 1.92. The lowest BCUT2D eigenvalue weighted by Gasteiger charge is -2.19. The van der Waals surface area contributed by atoms with Crippen LogP contribution in [0.4, 0.5) is 5.69 Å². The molecule has 110 valence electrons. The summed E-state index contributed by atoms with van der Waals surface area (Å²) in [4.78, 5) is 11.8. The summed E-state index contributed by atoms with van der Waals surface area (Å²) < 4.78 is 5.91. The SMILES string of the molecule is COc1cccc(NC(C(N)=O)c2cc(Cl)ccc2Br)c1. The van der Waals surface area contributed by atoms with E-state index in [1.54, 1.807) is 31.4 Å². The van der Waals surface area contributed by atoms with Gasteiger partial charge in [-0.15, -0.1) is 0 Å². The number of ether oxygens (including phenoxy) is 1. The van der Waals surface area contributed by atoms with Crippen molar-refractivity contribution in [3.8, 4) is 5.75 Å². The lowest BCUT2D eigenvalue weighted by Crippen LogP contribution is -2.28. The van der Waals surface area contributed by atoms with Crippen LogP contribution in [0, 0.1) is 0 Å². The molecule has 1 unspecified atom stereocenters. The molecule has 1 atom stereocenters. The van der Waals surface area contributed by atoms with Crippen LogP contribution in [0.15, 0.2) is 46.9 Å². The minimum Gasteiger partial charge on any atom is -0.497 e.